The molecule has 1 rings (SSSR count). The molecule has 6 nitrogen and oxygen atoms in total. The second kappa shape index (κ2) is 4.52. The van der Waals surface area contributed by atoms with Gasteiger partial charge in [0.25, 0.3) is 5.69 Å². The van der Waals surface area contributed by atoms with Crippen molar-refractivity contribution >= 4 is 15.9 Å². The van der Waals surface area contributed by atoms with Crippen molar-refractivity contribution in [1.82, 2.24) is 0 Å². The molecule has 100 valence electrons. The van der Waals surface area contributed by atoms with Gasteiger partial charge in [-0.1, -0.05) is 0 Å². The zero-order chi connectivity index (χ0) is 14.1. The van der Waals surface area contributed by atoms with E-state index in [9.17, 15) is 22.4 Å². The number of hydrogen-bond acceptors (Lipinski definition) is 5. The van der Waals surface area contributed by atoms with E-state index < -0.39 is 31.3 Å². The summed E-state index contributed by atoms with van der Waals surface area (Å²) in [5, 5.41) is 10.5. The molecule has 0 fully saturated rings. The van der Waals surface area contributed by atoms with E-state index in [0.717, 1.165) is 12.1 Å². The smallest absolute Gasteiger partial charge is 0.336 e. The molecule has 0 aliphatic carbocycles. The lowest BCUT2D eigenvalue weighted by molar-refractivity contribution is -0.385. The summed E-state index contributed by atoms with van der Waals surface area (Å²) < 4.78 is 40.2. The van der Waals surface area contributed by atoms with E-state index in [1.165, 1.54) is 0 Å². The van der Waals surface area contributed by atoms with Crippen molar-refractivity contribution in [2.45, 2.75) is 31.3 Å². The third-order valence-electron chi connectivity index (χ3n) is 1.82. The molecule has 0 aromatic heterocycles. The lowest BCUT2D eigenvalue weighted by Crippen LogP contribution is -2.23. The summed E-state index contributed by atoms with van der Waals surface area (Å²) in [7, 11) is -5.09. The summed E-state index contributed by atoms with van der Waals surface area (Å²) in [6.07, 6.45) is 0. The quantitative estimate of drug-likeness (QED) is 0.481. The first-order valence-electron chi connectivity index (χ1n) is 4.93. The van der Waals surface area contributed by atoms with Gasteiger partial charge in [-0.25, -0.2) is 0 Å². The molecular weight excluding hydrogens is 265 g/mol. The van der Waals surface area contributed by atoms with Gasteiger partial charge in [0.05, 0.1) is 4.92 Å². The summed E-state index contributed by atoms with van der Waals surface area (Å²) >= 11 is 0. The Labute approximate surface area is 104 Å². The number of non-ortho nitro benzene ring substituents is 1. The molecule has 1 aromatic rings. The van der Waals surface area contributed by atoms with Gasteiger partial charge in [-0.2, -0.15) is 8.42 Å². The van der Waals surface area contributed by atoms with E-state index in [1.54, 1.807) is 20.8 Å². The Morgan fingerprint density at radius 2 is 1.89 bits per heavy atom. The molecule has 0 aliphatic heterocycles. The molecule has 0 aliphatic rings. The first-order chi connectivity index (χ1) is 8.00. The van der Waals surface area contributed by atoms with Crippen molar-refractivity contribution in [2.75, 3.05) is 0 Å². The third kappa shape index (κ3) is 3.66. The Hall–Kier alpha value is -1.70. The SMILES string of the molecule is CC(C)(C)Oc1ccc([N+](=O)[O-])cc1S(=O)(=O)F. The Bertz CT molecular complexity index is 576. The summed E-state index contributed by atoms with van der Waals surface area (Å²) in [6.45, 7) is 4.93. The lowest BCUT2D eigenvalue weighted by Gasteiger charge is -2.22. The summed E-state index contributed by atoms with van der Waals surface area (Å²) in [5.41, 5.74) is -1.28. The van der Waals surface area contributed by atoms with Crippen LogP contribution >= 0.6 is 0 Å². The van der Waals surface area contributed by atoms with Crippen molar-refractivity contribution in [1.29, 1.82) is 0 Å². The number of rotatable bonds is 3. The number of nitrogens with zero attached hydrogens (tertiary/aromatic N) is 1. The van der Waals surface area contributed by atoms with Crippen molar-refractivity contribution in [3.8, 4) is 5.75 Å². The van der Waals surface area contributed by atoms with E-state index in [2.05, 4.69) is 0 Å². The van der Waals surface area contributed by atoms with Crippen LogP contribution in [0.4, 0.5) is 9.57 Å². The molecule has 0 spiro atoms. The standard InChI is InChI=1S/C10H12FNO5S/c1-10(2,3)17-8-5-4-7(12(13)14)6-9(8)18(11,15)16/h4-6H,1-3H3. The number of nitro benzene ring substituents is 1. The number of benzene rings is 1. The largest absolute Gasteiger partial charge is 0.487 e. The Morgan fingerprint density at radius 3 is 2.28 bits per heavy atom. The Morgan fingerprint density at radius 1 is 1.33 bits per heavy atom. The lowest BCUT2D eigenvalue weighted by atomic mass is 10.2. The van der Waals surface area contributed by atoms with Crippen LogP contribution < -0.4 is 4.74 Å². The normalized spacial score (nSPS) is 12.2. The fourth-order valence-corrected chi connectivity index (χ4v) is 1.83. The van der Waals surface area contributed by atoms with Crippen LogP contribution in [0, 0.1) is 10.1 Å². The number of ether oxygens (including phenoxy) is 1. The highest BCUT2D eigenvalue weighted by atomic mass is 32.3. The van der Waals surface area contributed by atoms with Crippen molar-refractivity contribution in [3.63, 3.8) is 0 Å². The first kappa shape index (κ1) is 14.4. The fraction of sp³-hybridized carbons (Fsp3) is 0.400. The van der Waals surface area contributed by atoms with Crippen LogP contribution in [0.2, 0.25) is 0 Å². The molecule has 0 saturated heterocycles. The number of halogens is 1. The van der Waals surface area contributed by atoms with Crippen LogP contribution in [0.15, 0.2) is 23.1 Å². The molecule has 0 atom stereocenters. The summed E-state index contributed by atoms with van der Waals surface area (Å²) in [6, 6.07) is 2.75. The molecule has 0 bridgehead atoms. The van der Waals surface area contributed by atoms with Gasteiger partial charge in [-0.15, -0.1) is 3.89 Å². The second-order valence-corrected chi connectivity index (χ2v) is 5.86. The molecule has 0 radical (unpaired) electrons. The zero-order valence-corrected chi connectivity index (χ0v) is 10.8. The van der Waals surface area contributed by atoms with E-state index in [-0.39, 0.29) is 5.75 Å². The number of nitro groups is 1. The minimum atomic E-state index is -5.09. The second-order valence-electron chi connectivity index (χ2n) is 4.54. The van der Waals surface area contributed by atoms with E-state index >= 15 is 0 Å². The molecule has 0 amide bonds. The summed E-state index contributed by atoms with van der Waals surface area (Å²) in [5.74, 6) is -0.254. The van der Waals surface area contributed by atoms with Crippen LogP contribution in [0.3, 0.4) is 0 Å². The fourth-order valence-electron chi connectivity index (χ4n) is 1.22. The summed E-state index contributed by atoms with van der Waals surface area (Å²) in [4.78, 5) is 8.87. The molecule has 8 heteroatoms. The van der Waals surface area contributed by atoms with Gasteiger partial charge in [0.2, 0.25) is 0 Å². The van der Waals surface area contributed by atoms with Gasteiger partial charge in [-0.3, -0.25) is 10.1 Å². The van der Waals surface area contributed by atoms with E-state index in [1.807, 2.05) is 0 Å². The highest BCUT2D eigenvalue weighted by molar-refractivity contribution is 7.86. The van der Waals surface area contributed by atoms with Crippen LogP contribution in [-0.4, -0.2) is 18.9 Å². The van der Waals surface area contributed by atoms with Crippen molar-refractivity contribution in [2.24, 2.45) is 0 Å². The topological polar surface area (TPSA) is 86.5 Å². The van der Waals surface area contributed by atoms with Gasteiger partial charge in [0.1, 0.15) is 16.2 Å². The van der Waals surface area contributed by atoms with Gasteiger partial charge in [0, 0.05) is 12.1 Å². The molecule has 0 saturated carbocycles. The highest BCUT2D eigenvalue weighted by Crippen LogP contribution is 2.31. The van der Waals surface area contributed by atoms with Crippen molar-refractivity contribution in [3.05, 3.63) is 28.3 Å². The van der Waals surface area contributed by atoms with E-state index in [4.69, 9.17) is 4.74 Å². The maximum atomic E-state index is 13.1. The molecular formula is C10H12FNO5S. The van der Waals surface area contributed by atoms with Gasteiger partial charge in [-0.05, 0) is 26.8 Å². The van der Waals surface area contributed by atoms with Crippen molar-refractivity contribution < 1.29 is 22.0 Å². The molecule has 18 heavy (non-hydrogen) atoms. The van der Waals surface area contributed by atoms with Crippen LogP contribution in [0.5, 0.6) is 5.75 Å². The zero-order valence-electron chi connectivity index (χ0n) is 10.0. The van der Waals surface area contributed by atoms with Crippen LogP contribution in [0.1, 0.15) is 20.8 Å². The maximum absolute atomic E-state index is 13.1. The average molecular weight is 277 g/mol. The molecule has 0 N–H and O–H groups in total. The highest BCUT2D eigenvalue weighted by Gasteiger charge is 2.25. The third-order valence-corrected chi connectivity index (χ3v) is 2.66. The minimum absolute atomic E-state index is 0.254. The van der Waals surface area contributed by atoms with Crippen LogP contribution in [0.25, 0.3) is 0 Å². The maximum Gasteiger partial charge on any atom is 0.336 e. The minimum Gasteiger partial charge on any atom is -0.487 e. The van der Waals surface area contributed by atoms with Crippen LogP contribution in [-0.2, 0) is 10.2 Å². The average Bonchev–Trinajstić information content (AvgIpc) is 2.13. The number of hydrogen-bond donors (Lipinski definition) is 0. The molecule has 1 aromatic carbocycles. The van der Waals surface area contributed by atoms with E-state index in [0.29, 0.717) is 6.07 Å². The van der Waals surface area contributed by atoms with Gasteiger partial charge >= 0.3 is 10.2 Å². The monoisotopic (exact) mass is 277 g/mol. The molecule has 0 unspecified atom stereocenters. The predicted molar refractivity (Wildman–Crippen MR) is 61.8 cm³/mol. The predicted octanol–water partition coefficient (Wildman–Crippen LogP) is 2.43. The van der Waals surface area contributed by atoms with Gasteiger partial charge in [0.15, 0.2) is 0 Å². The van der Waals surface area contributed by atoms with Gasteiger partial charge < -0.3 is 4.74 Å². The first-order valence-corrected chi connectivity index (χ1v) is 6.31. The molecule has 0 heterocycles. The Balaban J connectivity index is 3.40. The Kier molecular flexibility index (Phi) is 3.61.